The van der Waals surface area contributed by atoms with Gasteiger partial charge in [0.25, 0.3) is 0 Å². The third-order valence-corrected chi connectivity index (χ3v) is 4.55. The smallest absolute Gasteiger partial charge is 0.0509 e. The van der Waals surface area contributed by atoms with Crippen molar-refractivity contribution in [2.24, 2.45) is 5.41 Å². The summed E-state index contributed by atoms with van der Waals surface area (Å²) in [7, 11) is 0. The minimum Gasteiger partial charge on any atom is -0.396 e. The molecule has 0 heterocycles. The van der Waals surface area contributed by atoms with Crippen LogP contribution in [0.25, 0.3) is 0 Å². The van der Waals surface area contributed by atoms with Crippen molar-refractivity contribution in [3.05, 3.63) is 0 Å². The fourth-order valence-corrected chi connectivity index (χ4v) is 2.44. The Balaban J connectivity index is 0. The summed E-state index contributed by atoms with van der Waals surface area (Å²) >= 11 is 0. The van der Waals surface area contributed by atoms with Crippen molar-refractivity contribution in [3.63, 3.8) is 0 Å². The molecule has 0 unspecified atom stereocenters. The van der Waals surface area contributed by atoms with Crippen LogP contribution in [0.15, 0.2) is 0 Å². The van der Waals surface area contributed by atoms with Gasteiger partial charge in [-0.2, -0.15) is 0 Å². The van der Waals surface area contributed by atoms with Crippen molar-refractivity contribution in [2.75, 3.05) is 26.4 Å². The van der Waals surface area contributed by atoms with Gasteiger partial charge in [0.15, 0.2) is 0 Å². The second-order valence-corrected chi connectivity index (χ2v) is 6.55. The normalized spacial score (nSPS) is 11.2. The van der Waals surface area contributed by atoms with Crippen LogP contribution in [0.3, 0.4) is 0 Å². The fourth-order valence-electron chi connectivity index (χ4n) is 2.44. The Morgan fingerprint density at radius 3 is 1.22 bits per heavy atom. The molecule has 0 saturated carbocycles. The maximum atomic E-state index is 9.04. The van der Waals surface area contributed by atoms with Gasteiger partial charge < -0.3 is 20.4 Å². The predicted octanol–water partition coefficient (Wildman–Crippen LogP) is 3.65. The maximum Gasteiger partial charge on any atom is 0.0509 e. The molecular formula is C19H42O4. The van der Waals surface area contributed by atoms with Gasteiger partial charge in [0.2, 0.25) is 0 Å². The predicted molar refractivity (Wildman–Crippen MR) is 97.5 cm³/mol. The van der Waals surface area contributed by atoms with Crippen molar-refractivity contribution < 1.29 is 20.4 Å². The molecule has 23 heavy (non-hydrogen) atoms. The molecule has 0 aromatic heterocycles. The first-order valence-corrected chi connectivity index (χ1v) is 9.59. The Bertz CT molecular complexity index is 187. The summed E-state index contributed by atoms with van der Waals surface area (Å²) < 4.78 is 0. The van der Waals surface area contributed by atoms with E-state index in [1.165, 1.54) is 25.7 Å². The molecule has 4 N–H and O–H groups in total. The quantitative estimate of drug-likeness (QED) is 0.345. The van der Waals surface area contributed by atoms with Gasteiger partial charge in [0.1, 0.15) is 0 Å². The van der Waals surface area contributed by atoms with Crippen LogP contribution in [-0.4, -0.2) is 46.9 Å². The summed E-state index contributed by atoms with van der Waals surface area (Å²) in [6, 6.07) is 0. The first-order valence-electron chi connectivity index (χ1n) is 9.59. The highest BCUT2D eigenvalue weighted by atomic mass is 16.3. The van der Waals surface area contributed by atoms with Crippen LogP contribution in [0.2, 0.25) is 0 Å². The highest BCUT2D eigenvalue weighted by molar-refractivity contribution is 4.75. The van der Waals surface area contributed by atoms with E-state index in [0.717, 1.165) is 51.4 Å². The zero-order valence-electron chi connectivity index (χ0n) is 15.6. The average molecular weight is 335 g/mol. The number of unbranched alkanes of at least 4 members (excludes halogenated alkanes) is 8. The number of hydrogen-bond donors (Lipinski definition) is 4. The molecule has 0 aliphatic carbocycles. The van der Waals surface area contributed by atoms with Crippen LogP contribution in [0.5, 0.6) is 0 Å². The highest BCUT2D eigenvalue weighted by Crippen LogP contribution is 2.27. The van der Waals surface area contributed by atoms with E-state index < -0.39 is 0 Å². The second kappa shape index (κ2) is 19.9. The average Bonchev–Trinajstić information content (AvgIpc) is 2.60. The van der Waals surface area contributed by atoms with E-state index >= 15 is 0 Å². The van der Waals surface area contributed by atoms with Crippen molar-refractivity contribution >= 4 is 0 Å². The van der Waals surface area contributed by atoms with E-state index in [-0.39, 0.29) is 18.6 Å². The molecule has 0 saturated heterocycles. The van der Waals surface area contributed by atoms with Crippen LogP contribution in [0.4, 0.5) is 0 Å². The van der Waals surface area contributed by atoms with Crippen LogP contribution in [0, 0.1) is 5.41 Å². The lowest BCUT2D eigenvalue weighted by atomic mass is 9.82. The third kappa shape index (κ3) is 16.5. The lowest BCUT2D eigenvalue weighted by Gasteiger charge is -2.27. The van der Waals surface area contributed by atoms with Crippen molar-refractivity contribution in [2.45, 2.75) is 90.9 Å². The van der Waals surface area contributed by atoms with Gasteiger partial charge in [0.05, 0.1) is 13.2 Å². The van der Waals surface area contributed by atoms with Gasteiger partial charge in [-0.15, -0.1) is 0 Å². The lowest BCUT2D eigenvalue weighted by molar-refractivity contribution is 0.0420. The van der Waals surface area contributed by atoms with E-state index in [4.69, 9.17) is 20.4 Å². The first-order chi connectivity index (χ1) is 11.2. The molecule has 0 bridgehead atoms. The zero-order chi connectivity index (χ0) is 17.8. The Morgan fingerprint density at radius 1 is 0.565 bits per heavy atom. The molecule has 142 valence electrons. The van der Waals surface area contributed by atoms with Crippen molar-refractivity contribution in [1.29, 1.82) is 0 Å². The van der Waals surface area contributed by atoms with Crippen LogP contribution in [0.1, 0.15) is 90.9 Å². The van der Waals surface area contributed by atoms with Gasteiger partial charge in [-0.05, 0) is 25.7 Å². The molecule has 4 nitrogen and oxygen atoms in total. The molecule has 0 radical (unpaired) electrons. The van der Waals surface area contributed by atoms with Gasteiger partial charge in [0, 0.05) is 18.6 Å². The molecular weight excluding hydrogens is 292 g/mol. The Hall–Kier alpha value is -0.160. The third-order valence-electron chi connectivity index (χ3n) is 4.55. The molecule has 0 aromatic carbocycles. The maximum absolute atomic E-state index is 9.04. The Kier molecular flexibility index (Phi) is 21.7. The van der Waals surface area contributed by atoms with Gasteiger partial charge in [-0.25, -0.2) is 0 Å². The molecule has 0 fully saturated rings. The molecule has 0 aliphatic rings. The summed E-state index contributed by atoms with van der Waals surface area (Å²) in [5, 5.41) is 35.1. The van der Waals surface area contributed by atoms with E-state index in [1.54, 1.807) is 0 Å². The fraction of sp³-hybridized carbons (Fsp3) is 1.00. The molecule has 0 atom stereocenters. The summed E-state index contributed by atoms with van der Waals surface area (Å²) in [5.74, 6) is 0. The van der Waals surface area contributed by atoms with E-state index in [9.17, 15) is 0 Å². The van der Waals surface area contributed by atoms with Crippen molar-refractivity contribution in [1.82, 2.24) is 0 Å². The van der Waals surface area contributed by atoms with Crippen molar-refractivity contribution in [3.8, 4) is 0 Å². The van der Waals surface area contributed by atoms with Gasteiger partial charge in [-0.1, -0.05) is 65.2 Å². The SMILES string of the molecule is CCCCC(CC)(CO)CO.OCCCCCCCCCCO. The minimum atomic E-state index is -0.212. The topological polar surface area (TPSA) is 80.9 Å². The monoisotopic (exact) mass is 334 g/mol. The molecule has 0 rings (SSSR count). The summed E-state index contributed by atoms with van der Waals surface area (Å²) in [5.41, 5.74) is -0.212. The van der Waals surface area contributed by atoms with Gasteiger partial charge >= 0.3 is 0 Å². The molecule has 0 amide bonds. The number of rotatable bonds is 15. The van der Waals surface area contributed by atoms with E-state index in [1.807, 2.05) is 6.92 Å². The van der Waals surface area contributed by atoms with Crippen LogP contribution >= 0.6 is 0 Å². The molecule has 4 heteroatoms. The lowest BCUT2D eigenvalue weighted by Crippen LogP contribution is -2.28. The number of hydrogen-bond acceptors (Lipinski definition) is 4. The van der Waals surface area contributed by atoms with Crippen LogP contribution < -0.4 is 0 Å². The Labute approximate surface area is 143 Å². The zero-order valence-corrected chi connectivity index (χ0v) is 15.6. The molecule has 0 aromatic rings. The minimum absolute atomic E-state index is 0.111. The first kappa shape index (κ1) is 25.1. The second-order valence-electron chi connectivity index (χ2n) is 6.55. The molecule has 0 spiro atoms. The van der Waals surface area contributed by atoms with Gasteiger partial charge in [-0.3, -0.25) is 0 Å². The number of aliphatic hydroxyl groups is 4. The summed E-state index contributed by atoms with van der Waals surface area (Å²) in [4.78, 5) is 0. The largest absolute Gasteiger partial charge is 0.396 e. The highest BCUT2D eigenvalue weighted by Gasteiger charge is 2.25. The summed E-state index contributed by atoms with van der Waals surface area (Å²) in [6.45, 7) is 5.03. The molecule has 0 aliphatic heterocycles. The van der Waals surface area contributed by atoms with Crippen LogP contribution in [-0.2, 0) is 0 Å². The standard InChI is InChI=1S/C10H22O2.C9H20O2/c11-9-7-5-3-1-2-4-6-8-10-12;1-3-5-6-9(4-2,7-10)8-11/h11-12H,1-10H2;10-11H,3-8H2,1-2H3. The Morgan fingerprint density at radius 2 is 0.957 bits per heavy atom. The van der Waals surface area contributed by atoms with E-state index in [2.05, 4.69) is 6.92 Å². The number of aliphatic hydroxyl groups excluding tert-OH is 4. The van der Waals surface area contributed by atoms with E-state index in [0.29, 0.717) is 13.2 Å². The summed E-state index contributed by atoms with van der Waals surface area (Å²) in [6.07, 6.45) is 13.3.